The molecule has 0 bridgehead atoms. The molecule has 0 aliphatic rings. The summed E-state index contributed by atoms with van der Waals surface area (Å²) in [7, 11) is -0.948. The summed E-state index contributed by atoms with van der Waals surface area (Å²) < 4.78 is 35.8. The Labute approximate surface area is 135 Å². The number of hydrogen-bond donors (Lipinski definition) is 1. The lowest BCUT2D eigenvalue weighted by molar-refractivity contribution is 0.486. The molecule has 0 saturated heterocycles. The van der Waals surface area contributed by atoms with Gasteiger partial charge in [0.15, 0.2) is 0 Å². The van der Waals surface area contributed by atoms with E-state index in [1.165, 1.54) is 24.2 Å². The summed E-state index contributed by atoms with van der Waals surface area (Å²) in [5.74, 6) is 0.140. The summed E-state index contributed by atoms with van der Waals surface area (Å²) in [6, 6.07) is 3.71. The van der Waals surface area contributed by atoms with E-state index in [9.17, 15) is 8.42 Å². The van der Waals surface area contributed by atoms with Crippen molar-refractivity contribution in [2.24, 2.45) is 4.99 Å². The van der Waals surface area contributed by atoms with Gasteiger partial charge in [-0.3, -0.25) is 14.5 Å². The molecule has 0 spiro atoms. The maximum absolute atomic E-state index is 11.0. The van der Waals surface area contributed by atoms with Crippen LogP contribution in [0.2, 0.25) is 0 Å². The van der Waals surface area contributed by atoms with Crippen molar-refractivity contribution < 1.29 is 17.2 Å². The fraction of sp³-hybridized carbons (Fsp3) is 0.286. The summed E-state index contributed by atoms with van der Waals surface area (Å²) in [5, 5.41) is 0. The fourth-order valence-corrected chi connectivity index (χ4v) is 2.69. The first-order chi connectivity index (χ1) is 10.4. The van der Waals surface area contributed by atoms with Crippen molar-refractivity contribution in [1.82, 2.24) is 4.98 Å². The smallest absolute Gasteiger partial charge is 0.269 e. The molecule has 0 unspecified atom stereocenters. The van der Waals surface area contributed by atoms with Gasteiger partial charge in [0.25, 0.3) is 10.1 Å². The van der Waals surface area contributed by atoms with Crippen LogP contribution in [0.25, 0.3) is 0 Å². The third-order valence-corrected chi connectivity index (χ3v) is 3.99. The van der Waals surface area contributed by atoms with Crippen LogP contribution in [0.4, 0.5) is 0 Å². The number of rotatable bonds is 8. The second-order valence-corrected chi connectivity index (χ2v) is 6.55. The highest BCUT2D eigenvalue weighted by Gasteiger charge is 2.10. The first kappa shape index (κ1) is 18.6. The third-order valence-electron chi connectivity index (χ3n) is 2.60. The van der Waals surface area contributed by atoms with Crippen molar-refractivity contribution in [1.29, 1.82) is 0 Å². The standard InChI is InChI=1S/C14H18N2O4S2/c1-4-11(10-22(17,18)19)7-13(15-2)14-8-12(5-6-16-14)9-21-20-3/h4-8H,1,9-10H2,2-3H3,(H,17,18,19)/b11-7+,15-13?. The van der Waals surface area contributed by atoms with Crippen molar-refractivity contribution in [3.05, 3.63) is 53.9 Å². The number of aromatic nitrogens is 1. The van der Waals surface area contributed by atoms with Gasteiger partial charge in [0.1, 0.15) is 5.75 Å². The van der Waals surface area contributed by atoms with Gasteiger partial charge in [0.2, 0.25) is 0 Å². The van der Waals surface area contributed by atoms with Crippen LogP contribution >= 0.6 is 12.0 Å². The van der Waals surface area contributed by atoms with Crippen LogP contribution in [0.1, 0.15) is 11.3 Å². The minimum Gasteiger partial charge on any atom is -0.318 e. The molecule has 0 saturated carbocycles. The van der Waals surface area contributed by atoms with E-state index < -0.39 is 15.9 Å². The molecule has 0 aliphatic heterocycles. The highest BCUT2D eigenvalue weighted by molar-refractivity contribution is 7.93. The first-order valence-corrected chi connectivity index (χ1v) is 8.77. The van der Waals surface area contributed by atoms with Gasteiger partial charge in [0, 0.05) is 19.0 Å². The summed E-state index contributed by atoms with van der Waals surface area (Å²) in [5.41, 5.74) is 2.44. The van der Waals surface area contributed by atoms with Gasteiger partial charge in [-0.25, -0.2) is 0 Å². The molecular weight excluding hydrogens is 324 g/mol. The molecule has 0 aromatic carbocycles. The van der Waals surface area contributed by atoms with Crippen molar-refractivity contribution in [2.75, 3.05) is 19.9 Å². The van der Waals surface area contributed by atoms with E-state index in [0.29, 0.717) is 22.7 Å². The summed E-state index contributed by atoms with van der Waals surface area (Å²) in [6.07, 6.45) is 4.55. The van der Waals surface area contributed by atoms with E-state index in [4.69, 9.17) is 8.74 Å². The fourth-order valence-electron chi connectivity index (χ4n) is 1.63. The third kappa shape index (κ3) is 6.52. The molecule has 0 amide bonds. The number of nitrogens with zero attached hydrogens (tertiary/aromatic N) is 2. The minimum atomic E-state index is -4.13. The Morgan fingerprint density at radius 3 is 2.86 bits per heavy atom. The average molecular weight is 342 g/mol. The predicted octanol–water partition coefficient (Wildman–Crippen LogP) is 2.30. The van der Waals surface area contributed by atoms with E-state index in [2.05, 4.69) is 16.6 Å². The lowest BCUT2D eigenvalue weighted by Crippen LogP contribution is -2.08. The van der Waals surface area contributed by atoms with E-state index in [-0.39, 0.29) is 0 Å². The normalized spacial score (nSPS) is 13.2. The molecule has 120 valence electrons. The molecule has 22 heavy (non-hydrogen) atoms. The molecule has 1 aromatic heterocycles. The van der Waals surface area contributed by atoms with Gasteiger partial charge in [-0.05, 0) is 41.4 Å². The van der Waals surface area contributed by atoms with E-state index >= 15 is 0 Å². The minimum absolute atomic E-state index is 0.335. The zero-order valence-electron chi connectivity index (χ0n) is 12.4. The Kier molecular flexibility index (Phi) is 7.46. The van der Waals surface area contributed by atoms with Crippen LogP contribution in [0.3, 0.4) is 0 Å². The lowest BCUT2D eigenvalue weighted by atomic mass is 10.1. The van der Waals surface area contributed by atoms with Gasteiger partial charge in [-0.1, -0.05) is 12.7 Å². The van der Waals surface area contributed by atoms with Crippen molar-refractivity contribution in [3.63, 3.8) is 0 Å². The van der Waals surface area contributed by atoms with Gasteiger partial charge < -0.3 is 4.18 Å². The molecule has 1 rings (SSSR count). The zero-order valence-corrected chi connectivity index (χ0v) is 14.0. The average Bonchev–Trinajstić information content (AvgIpc) is 2.48. The van der Waals surface area contributed by atoms with Crippen molar-refractivity contribution in [2.45, 2.75) is 5.75 Å². The van der Waals surface area contributed by atoms with Gasteiger partial charge in [-0.15, -0.1) is 0 Å². The number of aliphatic imine (C=N–C) groups is 1. The molecule has 0 aliphatic carbocycles. The highest BCUT2D eigenvalue weighted by Crippen LogP contribution is 2.14. The summed E-state index contributed by atoms with van der Waals surface area (Å²) in [4.78, 5) is 8.34. The van der Waals surface area contributed by atoms with Crippen molar-refractivity contribution >= 4 is 27.9 Å². The Hall–Kier alpha value is -1.48. The van der Waals surface area contributed by atoms with E-state index in [0.717, 1.165) is 5.56 Å². The zero-order chi connectivity index (χ0) is 16.6. The van der Waals surface area contributed by atoms with E-state index in [1.807, 2.05) is 12.1 Å². The molecule has 1 N–H and O–H groups in total. The molecular formula is C14H18N2O4S2. The number of hydrogen-bond acceptors (Lipinski definition) is 6. The van der Waals surface area contributed by atoms with Crippen LogP contribution in [-0.2, 0) is 20.1 Å². The van der Waals surface area contributed by atoms with E-state index in [1.54, 1.807) is 20.4 Å². The van der Waals surface area contributed by atoms with Crippen LogP contribution < -0.4 is 0 Å². The van der Waals surface area contributed by atoms with Gasteiger partial charge >= 0.3 is 0 Å². The van der Waals surface area contributed by atoms with Crippen LogP contribution in [-0.4, -0.2) is 43.6 Å². The molecule has 1 heterocycles. The number of allylic oxidation sites excluding steroid dienone is 2. The quantitative estimate of drug-likeness (QED) is 0.337. The molecule has 1 aromatic rings. The molecule has 0 atom stereocenters. The van der Waals surface area contributed by atoms with Gasteiger partial charge in [0.05, 0.1) is 18.5 Å². The van der Waals surface area contributed by atoms with Crippen LogP contribution in [0.5, 0.6) is 0 Å². The topological polar surface area (TPSA) is 88.9 Å². The Morgan fingerprint density at radius 2 is 2.32 bits per heavy atom. The molecule has 0 fully saturated rings. The maximum Gasteiger partial charge on any atom is 0.269 e. The highest BCUT2D eigenvalue weighted by atomic mass is 32.2. The summed E-state index contributed by atoms with van der Waals surface area (Å²) >= 11 is 1.30. The first-order valence-electron chi connectivity index (χ1n) is 6.25. The SMILES string of the molecule is C=C/C(=C\C(=NC)c1cc(CSOC)ccn1)CS(=O)(=O)O. The molecule has 6 nitrogen and oxygen atoms in total. The van der Waals surface area contributed by atoms with Gasteiger partial charge in [-0.2, -0.15) is 8.42 Å². The second kappa shape index (κ2) is 8.84. The Bertz CT molecular complexity index is 682. The second-order valence-electron chi connectivity index (χ2n) is 4.24. The largest absolute Gasteiger partial charge is 0.318 e. The Morgan fingerprint density at radius 1 is 1.59 bits per heavy atom. The molecule has 0 radical (unpaired) electrons. The monoisotopic (exact) mass is 342 g/mol. The molecule has 8 heteroatoms. The Balaban J connectivity index is 3.08. The van der Waals surface area contributed by atoms with Crippen LogP contribution in [0, 0.1) is 0 Å². The number of pyridine rings is 1. The maximum atomic E-state index is 11.0. The van der Waals surface area contributed by atoms with Crippen molar-refractivity contribution in [3.8, 4) is 0 Å². The predicted molar refractivity (Wildman–Crippen MR) is 89.7 cm³/mol. The summed E-state index contributed by atoms with van der Waals surface area (Å²) in [6.45, 7) is 3.55. The van der Waals surface area contributed by atoms with Crippen LogP contribution in [0.15, 0.2) is 47.6 Å². The lowest BCUT2D eigenvalue weighted by Gasteiger charge is -2.05.